The fraction of sp³-hybridized carbons (Fsp3) is 0.500. The molecule has 0 amide bonds. The van der Waals surface area contributed by atoms with Crippen LogP contribution < -0.4 is 0 Å². The smallest absolute Gasteiger partial charge is 0.0923 e. The van der Waals surface area contributed by atoms with Gasteiger partial charge in [0.25, 0.3) is 0 Å². The summed E-state index contributed by atoms with van der Waals surface area (Å²) in [6.07, 6.45) is 4.70. The van der Waals surface area contributed by atoms with Crippen molar-refractivity contribution in [3.8, 4) is 0 Å². The maximum Gasteiger partial charge on any atom is 0.0923 e. The van der Waals surface area contributed by atoms with Gasteiger partial charge in [0.15, 0.2) is 0 Å². The third-order valence-electron chi connectivity index (χ3n) is 3.21. The molecule has 92 valence electrons. The van der Waals surface area contributed by atoms with Gasteiger partial charge in [-0.25, -0.2) is 4.98 Å². The molecule has 2 rings (SSSR count). The summed E-state index contributed by atoms with van der Waals surface area (Å²) in [6, 6.07) is 4.37. The van der Waals surface area contributed by atoms with Gasteiger partial charge >= 0.3 is 0 Å². The third kappa shape index (κ3) is 2.60. The first kappa shape index (κ1) is 12.0. The molecule has 0 aliphatic carbocycles. The van der Waals surface area contributed by atoms with Gasteiger partial charge < -0.3 is 9.97 Å². The minimum absolute atomic E-state index is 0.0547. The van der Waals surface area contributed by atoms with E-state index >= 15 is 0 Å². The van der Waals surface area contributed by atoms with E-state index in [4.69, 9.17) is 0 Å². The molecule has 2 aromatic rings. The highest BCUT2D eigenvalue weighted by atomic mass is 14.9. The van der Waals surface area contributed by atoms with E-state index in [-0.39, 0.29) is 5.41 Å². The van der Waals surface area contributed by atoms with Crippen LogP contribution in [0.4, 0.5) is 0 Å². The van der Waals surface area contributed by atoms with Crippen LogP contribution in [0.3, 0.4) is 0 Å². The van der Waals surface area contributed by atoms with Crippen LogP contribution >= 0.6 is 0 Å². The minimum atomic E-state index is 0.0547. The lowest BCUT2D eigenvalue weighted by Gasteiger charge is -2.21. The molecule has 0 aliphatic heterocycles. The molecular weight excluding hydrogens is 210 g/mol. The van der Waals surface area contributed by atoms with Gasteiger partial charge in [0.1, 0.15) is 0 Å². The molecule has 17 heavy (non-hydrogen) atoms. The van der Waals surface area contributed by atoms with Gasteiger partial charge in [0.2, 0.25) is 0 Å². The first-order valence-electron chi connectivity index (χ1n) is 6.16. The molecule has 0 spiro atoms. The van der Waals surface area contributed by atoms with E-state index in [9.17, 15) is 0 Å². The Morgan fingerprint density at radius 2 is 2.06 bits per heavy atom. The lowest BCUT2D eigenvalue weighted by atomic mass is 9.85. The van der Waals surface area contributed by atoms with E-state index in [2.05, 4.69) is 54.8 Å². The van der Waals surface area contributed by atoms with Crippen LogP contribution in [0.25, 0.3) is 0 Å². The summed E-state index contributed by atoms with van der Waals surface area (Å²) in [4.78, 5) is 10.9. The van der Waals surface area contributed by atoms with Crippen LogP contribution in [0, 0.1) is 0 Å². The predicted octanol–water partition coefficient (Wildman–Crippen LogP) is 3.38. The molecule has 2 heterocycles. The molecule has 0 unspecified atom stereocenters. The van der Waals surface area contributed by atoms with Gasteiger partial charge in [-0.3, -0.25) is 0 Å². The molecule has 0 saturated heterocycles. The summed E-state index contributed by atoms with van der Waals surface area (Å²) < 4.78 is 0. The Bertz CT molecular complexity index is 463. The van der Waals surface area contributed by atoms with Crippen molar-refractivity contribution < 1.29 is 0 Å². The lowest BCUT2D eigenvalue weighted by Crippen LogP contribution is -2.21. The number of nitrogens with zero attached hydrogens (tertiary/aromatic N) is 1. The highest BCUT2D eigenvalue weighted by Crippen LogP contribution is 2.26. The molecule has 0 atom stereocenters. The van der Waals surface area contributed by atoms with Crippen LogP contribution in [0.2, 0.25) is 0 Å². The number of nitrogens with one attached hydrogen (secondary N) is 2. The van der Waals surface area contributed by atoms with Crippen LogP contribution in [-0.4, -0.2) is 15.0 Å². The van der Waals surface area contributed by atoms with E-state index in [1.54, 1.807) is 6.33 Å². The van der Waals surface area contributed by atoms with Crippen molar-refractivity contribution in [2.45, 2.75) is 45.4 Å². The van der Waals surface area contributed by atoms with Gasteiger partial charge in [0.05, 0.1) is 12.0 Å². The Labute approximate surface area is 103 Å². The summed E-state index contributed by atoms with van der Waals surface area (Å²) in [5, 5.41) is 0. The van der Waals surface area contributed by atoms with E-state index in [0.29, 0.717) is 5.92 Å². The van der Waals surface area contributed by atoms with Gasteiger partial charge in [-0.1, -0.05) is 27.7 Å². The second kappa shape index (κ2) is 4.40. The largest absolute Gasteiger partial charge is 0.362 e. The molecule has 3 heteroatoms. The molecule has 3 nitrogen and oxygen atoms in total. The molecule has 0 fully saturated rings. The Morgan fingerprint density at radius 3 is 2.59 bits per heavy atom. The maximum atomic E-state index is 4.36. The zero-order valence-corrected chi connectivity index (χ0v) is 11.0. The minimum Gasteiger partial charge on any atom is -0.362 e. The van der Waals surface area contributed by atoms with E-state index in [0.717, 1.165) is 12.1 Å². The van der Waals surface area contributed by atoms with Crippen molar-refractivity contribution in [3.05, 3.63) is 41.7 Å². The lowest BCUT2D eigenvalue weighted by molar-refractivity contribution is 0.502. The van der Waals surface area contributed by atoms with E-state index in [1.807, 2.05) is 6.20 Å². The zero-order chi connectivity index (χ0) is 12.5. The van der Waals surface area contributed by atoms with E-state index < -0.39 is 0 Å². The summed E-state index contributed by atoms with van der Waals surface area (Å²) in [5.74, 6) is 0.553. The second-order valence-corrected chi connectivity index (χ2v) is 5.61. The highest BCUT2D eigenvalue weighted by molar-refractivity contribution is 5.21. The summed E-state index contributed by atoms with van der Waals surface area (Å²) in [6.45, 7) is 8.85. The number of imidazole rings is 1. The maximum absolute atomic E-state index is 4.36. The first-order valence-corrected chi connectivity index (χ1v) is 6.16. The Balaban J connectivity index is 2.14. The Kier molecular flexibility index (Phi) is 3.09. The normalized spacial score (nSPS) is 12.3. The summed E-state index contributed by atoms with van der Waals surface area (Å²) in [7, 11) is 0. The second-order valence-electron chi connectivity index (χ2n) is 5.61. The quantitative estimate of drug-likeness (QED) is 0.832. The number of hydrogen-bond acceptors (Lipinski definition) is 1. The fourth-order valence-electron chi connectivity index (χ4n) is 2.10. The van der Waals surface area contributed by atoms with Gasteiger partial charge in [0, 0.05) is 23.0 Å². The average molecular weight is 231 g/mol. The van der Waals surface area contributed by atoms with Crippen molar-refractivity contribution >= 4 is 0 Å². The molecule has 0 saturated carbocycles. The molecular formula is C14H21N3. The third-order valence-corrected chi connectivity index (χ3v) is 3.21. The molecule has 0 radical (unpaired) electrons. The molecule has 2 N–H and O–H groups in total. The topological polar surface area (TPSA) is 44.5 Å². The number of aromatic amines is 2. The molecule has 0 aliphatic rings. The number of hydrogen-bond donors (Lipinski definition) is 2. The van der Waals surface area contributed by atoms with Gasteiger partial charge in [-0.05, 0) is 24.5 Å². The predicted molar refractivity (Wildman–Crippen MR) is 70.2 cm³/mol. The molecule has 0 aromatic carbocycles. The number of H-pyrrole nitrogens is 2. The summed E-state index contributed by atoms with van der Waals surface area (Å²) in [5.41, 5.74) is 3.75. The summed E-state index contributed by atoms with van der Waals surface area (Å²) >= 11 is 0. The monoisotopic (exact) mass is 231 g/mol. The number of rotatable bonds is 4. The standard InChI is InChI=1S/C14H21N3/c1-10(2)12-6-5-11(17-12)7-14(3,4)13-8-15-9-16-13/h5-6,8-10,17H,7H2,1-4H3,(H,15,16). The number of aromatic nitrogens is 3. The van der Waals surface area contributed by atoms with Crippen molar-refractivity contribution in [3.63, 3.8) is 0 Å². The highest BCUT2D eigenvalue weighted by Gasteiger charge is 2.23. The average Bonchev–Trinajstić information content (AvgIpc) is 2.85. The first-order chi connectivity index (χ1) is 7.99. The van der Waals surface area contributed by atoms with Crippen molar-refractivity contribution in [2.75, 3.05) is 0 Å². The SMILES string of the molecule is CC(C)c1ccc(CC(C)(C)c2c[nH]cn2)[nH]1. The molecule has 0 bridgehead atoms. The van der Waals surface area contributed by atoms with Crippen molar-refractivity contribution in [2.24, 2.45) is 0 Å². The van der Waals surface area contributed by atoms with Crippen molar-refractivity contribution in [1.82, 2.24) is 15.0 Å². The van der Waals surface area contributed by atoms with Crippen molar-refractivity contribution in [1.29, 1.82) is 0 Å². The fourth-order valence-corrected chi connectivity index (χ4v) is 2.10. The van der Waals surface area contributed by atoms with Gasteiger partial charge in [-0.2, -0.15) is 0 Å². The van der Waals surface area contributed by atoms with Crippen LogP contribution in [0.5, 0.6) is 0 Å². The molecule has 2 aromatic heterocycles. The Morgan fingerprint density at radius 1 is 1.29 bits per heavy atom. The van der Waals surface area contributed by atoms with Gasteiger partial charge in [-0.15, -0.1) is 0 Å². The zero-order valence-electron chi connectivity index (χ0n) is 11.0. The van der Waals surface area contributed by atoms with Crippen LogP contribution in [0.15, 0.2) is 24.7 Å². The van der Waals surface area contributed by atoms with Crippen LogP contribution in [-0.2, 0) is 11.8 Å². The Hall–Kier alpha value is -1.51. The van der Waals surface area contributed by atoms with E-state index in [1.165, 1.54) is 11.4 Å². The van der Waals surface area contributed by atoms with Crippen LogP contribution in [0.1, 0.15) is 50.7 Å².